The van der Waals surface area contributed by atoms with E-state index in [0.29, 0.717) is 17.6 Å². The Morgan fingerprint density at radius 1 is 0.953 bits per heavy atom. The minimum Gasteiger partial charge on any atom is -0.400 e. The van der Waals surface area contributed by atoms with Crippen LogP contribution in [0.3, 0.4) is 0 Å². The summed E-state index contributed by atoms with van der Waals surface area (Å²) in [5, 5.41) is 14.5. The van der Waals surface area contributed by atoms with Gasteiger partial charge in [0.25, 0.3) is 0 Å². The Bertz CT molecular complexity index is 1250. The minimum absolute atomic E-state index is 0.241. The van der Waals surface area contributed by atoms with Crippen LogP contribution in [-0.2, 0) is 4.79 Å². The Labute approximate surface area is 256 Å². The lowest BCUT2D eigenvalue weighted by Gasteiger charge is -2.60. The number of aliphatic hydroxyl groups is 1. The SMILES string of the molecule is CNC1CC2(C1)CC(N1CCC(C=O)CC1)C2.CO.Cc1cc(N2CCC(C)C2)cn2nc(C=O)nc12.c1ccccc1. The zero-order chi connectivity index (χ0) is 30.8. The minimum atomic E-state index is 0.241. The molecule has 9 nitrogen and oxygen atoms in total. The summed E-state index contributed by atoms with van der Waals surface area (Å²) in [7, 11) is 3.08. The summed E-state index contributed by atoms with van der Waals surface area (Å²) in [6.45, 7) is 8.74. The fourth-order valence-electron chi connectivity index (χ4n) is 7.07. The molecule has 3 aromatic rings. The monoisotopic (exact) mass is 590 g/mol. The number of pyridine rings is 1. The van der Waals surface area contributed by atoms with Crippen molar-refractivity contribution in [3.63, 3.8) is 0 Å². The molecule has 1 spiro atoms. The number of carbonyl (C=O) groups is 2. The van der Waals surface area contributed by atoms with Crippen LogP contribution in [0.2, 0.25) is 0 Å². The lowest BCUT2D eigenvalue weighted by molar-refractivity contribution is -0.114. The van der Waals surface area contributed by atoms with Gasteiger partial charge in [-0.15, -0.1) is 5.10 Å². The van der Waals surface area contributed by atoms with Crippen LogP contribution in [0.15, 0.2) is 48.7 Å². The zero-order valence-electron chi connectivity index (χ0n) is 26.4. The molecule has 2 N–H and O–H groups in total. The van der Waals surface area contributed by atoms with Gasteiger partial charge in [-0.3, -0.25) is 4.79 Å². The van der Waals surface area contributed by atoms with E-state index >= 15 is 0 Å². The second kappa shape index (κ2) is 15.5. The van der Waals surface area contributed by atoms with Crippen LogP contribution in [0.1, 0.15) is 68.1 Å². The molecule has 2 saturated carbocycles. The maximum absolute atomic E-state index is 10.7. The highest BCUT2D eigenvalue weighted by molar-refractivity contribution is 5.71. The van der Waals surface area contributed by atoms with E-state index in [2.05, 4.69) is 45.2 Å². The predicted molar refractivity (Wildman–Crippen MR) is 172 cm³/mol. The van der Waals surface area contributed by atoms with E-state index in [0.717, 1.165) is 87.3 Å². The molecule has 4 fully saturated rings. The number of anilines is 1. The Balaban J connectivity index is 0.000000158. The van der Waals surface area contributed by atoms with Crippen LogP contribution >= 0.6 is 0 Å². The second-order valence-corrected chi connectivity index (χ2v) is 12.7. The first-order valence-corrected chi connectivity index (χ1v) is 15.8. The number of rotatable bonds is 5. The molecule has 4 aliphatic rings. The van der Waals surface area contributed by atoms with Crippen molar-refractivity contribution < 1.29 is 14.7 Å². The fourth-order valence-corrected chi connectivity index (χ4v) is 7.07. The number of fused-ring (bicyclic) bond motifs is 1. The van der Waals surface area contributed by atoms with Crippen LogP contribution in [0, 0.1) is 24.2 Å². The van der Waals surface area contributed by atoms with Crippen molar-refractivity contribution in [2.75, 3.05) is 45.2 Å². The van der Waals surface area contributed by atoms with Gasteiger partial charge >= 0.3 is 0 Å². The maximum atomic E-state index is 10.7. The normalized spacial score (nSPS) is 26.5. The van der Waals surface area contributed by atoms with Gasteiger partial charge in [-0.2, -0.15) is 0 Å². The molecule has 1 aromatic carbocycles. The maximum Gasteiger partial charge on any atom is 0.214 e. The molecule has 0 amide bonds. The lowest BCUT2D eigenvalue weighted by Crippen LogP contribution is -2.61. The molecule has 43 heavy (non-hydrogen) atoms. The van der Waals surface area contributed by atoms with Gasteiger partial charge in [-0.1, -0.05) is 43.3 Å². The summed E-state index contributed by atoms with van der Waals surface area (Å²) in [6, 6.07) is 15.7. The van der Waals surface area contributed by atoms with Crippen LogP contribution in [-0.4, -0.2) is 89.6 Å². The van der Waals surface area contributed by atoms with Crippen molar-refractivity contribution in [1.29, 1.82) is 0 Å². The average molecular weight is 591 g/mol. The number of hydrogen-bond donors (Lipinski definition) is 2. The Morgan fingerprint density at radius 2 is 1.58 bits per heavy atom. The first-order valence-electron chi connectivity index (χ1n) is 15.8. The van der Waals surface area contributed by atoms with Gasteiger partial charge in [0, 0.05) is 38.2 Å². The predicted octanol–water partition coefficient (Wildman–Crippen LogP) is 4.42. The molecule has 2 saturated heterocycles. The number of hydrogen-bond acceptors (Lipinski definition) is 8. The van der Waals surface area contributed by atoms with Crippen molar-refractivity contribution in [3.8, 4) is 0 Å². The number of carbonyl (C=O) groups excluding carboxylic acids is 2. The molecule has 7 rings (SSSR count). The molecule has 0 radical (unpaired) electrons. The molecule has 1 atom stereocenters. The molecule has 2 aromatic heterocycles. The van der Waals surface area contributed by atoms with Gasteiger partial charge in [0.05, 0.1) is 11.9 Å². The smallest absolute Gasteiger partial charge is 0.214 e. The average Bonchev–Trinajstić information content (AvgIpc) is 3.65. The van der Waals surface area contributed by atoms with Crippen molar-refractivity contribution in [2.45, 2.75) is 70.9 Å². The quantitative estimate of drug-likeness (QED) is 0.421. The second-order valence-electron chi connectivity index (χ2n) is 12.7. The Hall–Kier alpha value is -3.14. The summed E-state index contributed by atoms with van der Waals surface area (Å²) in [4.78, 5) is 30.6. The molecule has 2 aliphatic carbocycles. The van der Waals surface area contributed by atoms with Crippen molar-refractivity contribution in [1.82, 2.24) is 24.8 Å². The summed E-state index contributed by atoms with van der Waals surface area (Å²) in [6.07, 6.45) is 12.8. The van der Waals surface area contributed by atoms with Crippen molar-refractivity contribution in [2.24, 2.45) is 17.3 Å². The number of benzene rings is 1. The molecular formula is C34H50N6O3. The van der Waals surface area contributed by atoms with E-state index in [1.54, 1.807) is 4.52 Å². The third-order valence-corrected chi connectivity index (χ3v) is 9.57. The number of aryl methyl sites for hydroxylation is 1. The summed E-state index contributed by atoms with van der Waals surface area (Å²) in [5.74, 6) is 1.32. The van der Waals surface area contributed by atoms with E-state index in [1.807, 2.05) is 49.5 Å². The summed E-state index contributed by atoms with van der Waals surface area (Å²) < 4.78 is 1.71. The largest absolute Gasteiger partial charge is 0.400 e. The number of aldehydes is 2. The molecule has 0 bridgehead atoms. The van der Waals surface area contributed by atoms with Gasteiger partial charge < -0.3 is 25.0 Å². The van der Waals surface area contributed by atoms with E-state index < -0.39 is 0 Å². The van der Waals surface area contributed by atoms with Crippen molar-refractivity contribution in [3.05, 3.63) is 60.0 Å². The van der Waals surface area contributed by atoms with E-state index in [9.17, 15) is 9.59 Å². The Morgan fingerprint density at radius 3 is 2.09 bits per heavy atom. The Kier molecular flexibility index (Phi) is 11.8. The highest BCUT2D eigenvalue weighted by Gasteiger charge is 2.53. The summed E-state index contributed by atoms with van der Waals surface area (Å²) in [5.41, 5.74) is 3.67. The van der Waals surface area contributed by atoms with Gasteiger partial charge in [-0.05, 0) is 95.0 Å². The van der Waals surface area contributed by atoms with Gasteiger partial charge in [0.1, 0.15) is 6.29 Å². The fraction of sp³-hybridized carbons (Fsp3) is 0.588. The molecule has 1 unspecified atom stereocenters. The zero-order valence-corrected chi connectivity index (χ0v) is 26.4. The van der Waals surface area contributed by atoms with Crippen LogP contribution in [0.5, 0.6) is 0 Å². The topological polar surface area (TPSA) is 103 Å². The van der Waals surface area contributed by atoms with E-state index in [-0.39, 0.29) is 5.82 Å². The molecule has 4 heterocycles. The van der Waals surface area contributed by atoms with E-state index in [1.165, 1.54) is 32.1 Å². The van der Waals surface area contributed by atoms with E-state index in [4.69, 9.17) is 5.11 Å². The van der Waals surface area contributed by atoms with Crippen molar-refractivity contribution >= 4 is 23.9 Å². The first-order chi connectivity index (χ1) is 20.9. The van der Waals surface area contributed by atoms with Gasteiger partial charge in [0.2, 0.25) is 5.82 Å². The molecule has 2 aliphatic heterocycles. The van der Waals surface area contributed by atoms with Gasteiger partial charge in [0.15, 0.2) is 11.9 Å². The molecule has 234 valence electrons. The van der Waals surface area contributed by atoms with Crippen LogP contribution < -0.4 is 10.2 Å². The standard InChI is InChI=1S/C14H24N2O.C13H16N4O.C6H6.CH4O/c1-15-12-6-14(7-12)8-13(9-14)16-4-2-11(10-17)3-5-16;1-9-3-4-16(6-9)11-5-10(2)13-14-12(8-18)15-17(13)7-11;1-2-4-6-5-3-1;1-2/h10-13,15H,2-9H2,1H3;5,7-9H,3-4,6H2,1-2H3;1-6H;2H,1H3. The first kappa shape index (κ1) is 32.8. The van der Waals surface area contributed by atoms with Gasteiger partial charge in [-0.25, -0.2) is 9.50 Å². The number of aliphatic hydroxyl groups excluding tert-OH is 1. The number of piperidine rings is 1. The third kappa shape index (κ3) is 8.28. The number of nitrogens with one attached hydrogen (secondary N) is 1. The van der Waals surface area contributed by atoms with Crippen LogP contribution in [0.25, 0.3) is 5.65 Å². The molecule has 9 heteroatoms. The highest BCUT2D eigenvalue weighted by Crippen LogP contribution is 2.57. The third-order valence-electron chi connectivity index (χ3n) is 9.57. The lowest BCUT2D eigenvalue weighted by atomic mass is 9.51. The number of likely N-dealkylation sites (tertiary alicyclic amines) is 1. The molecular weight excluding hydrogens is 540 g/mol. The van der Waals surface area contributed by atoms with Crippen LogP contribution in [0.4, 0.5) is 5.69 Å². The summed E-state index contributed by atoms with van der Waals surface area (Å²) >= 11 is 0. The highest BCUT2D eigenvalue weighted by atomic mass is 16.2. The number of nitrogens with zero attached hydrogens (tertiary/aromatic N) is 5. The number of aromatic nitrogens is 3.